The van der Waals surface area contributed by atoms with Gasteiger partial charge in [0.1, 0.15) is 0 Å². The molecule has 0 atom stereocenters. The quantitative estimate of drug-likeness (QED) is 0.807. The van der Waals surface area contributed by atoms with Crippen molar-refractivity contribution in [3.63, 3.8) is 0 Å². The van der Waals surface area contributed by atoms with E-state index in [4.69, 9.17) is 11.6 Å². The molecule has 0 N–H and O–H groups in total. The number of nitrogens with zero attached hydrogens (tertiary/aromatic N) is 2. The lowest BCUT2D eigenvalue weighted by Crippen LogP contribution is -1.93. The van der Waals surface area contributed by atoms with Crippen molar-refractivity contribution < 1.29 is 0 Å². The van der Waals surface area contributed by atoms with Gasteiger partial charge in [0.2, 0.25) is 0 Å². The van der Waals surface area contributed by atoms with Crippen LogP contribution in [0.4, 0.5) is 0 Å². The molecule has 0 fully saturated rings. The number of hydrogen-bond acceptors (Lipinski definition) is 2. The van der Waals surface area contributed by atoms with Crippen molar-refractivity contribution in [3.8, 4) is 11.3 Å². The average molecular weight is 232 g/mol. The second-order valence-electron chi connectivity index (χ2n) is 3.52. The summed E-state index contributed by atoms with van der Waals surface area (Å²) in [5, 5.41) is 9.05. The summed E-state index contributed by atoms with van der Waals surface area (Å²) >= 11 is 5.82. The van der Waals surface area contributed by atoms with Gasteiger partial charge in [-0.1, -0.05) is 30.7 Å². The molecule has 0 aliphatic rings. The molecule has 0 bridgehead atoms. The Kier molecular flexibility index (Phi) is 3.52. The van der Waals surface area contributed by atoms with Crippen molar-refractivity contribution in [1.29, 1.82) is 0 Å². The molecule has 3 heteroatoms. The number of hydrogen-bond donors (Lipinski definition) is 0. The first-order valence-corrected chi connectivity index (χ1v) is 5.55. The molecule has 2 nitrogen and oxygen atoms in total. The second kappa shape index (κ2) is 5.08. The Morgan fingerprint density at radius 3 is 2.31 bits per heavy atom. The topological polar surface area (TPSA) is 25.8 Å². The van der Waals surface area contributed by atoms with Crippen LogP contribution in [0.25, 0.3) is 11.3 Å². The molecule has 1 aromatic carbocycles. The Hall–Kier alpha value is -1.41. The molecule has 1 radical (unpaired) electrons. The van der Waals surface area contributed by atoms with Crippen molar-refractivity contribution in [3.05, 3.63) is 54.0 Å². The number of halogens is 1. The van der Waals surface area contributed by atoms with Gasteiger partial charge >= 0.3 is 0 Å². The van der Waals surface area contributed by atoms with Crippen molar-refractivity contribution in [1.82, 2.24) is 10.2 Å². The summed E-state index contributed by atoms with van der Waals surface area (Å²) in [6, 6.07) is 11.5. The van der Waals surface area contributed by atoms with Gasteiger partial charge in [-0.3, -0.25) is 0 Å². The van der Waals surface area contributed by atoms with E-state index in [1.807, 2.05) is 36.4 Å². The zero-order valence-electron chi connectivity index (χ0n) is 8.86. The third kappa shape index (κ3) is 2.58. The van der Waals surface area contributed by atoms with E-state index in [9.17, 15) is 0 Å². The predicted octanol–water partition coefficient (Wildman–Crippen LogP) is 3.56. The average Bonchev–Trinajstić information content (AvgIpc) is 2.32. The first-order valence-electron chi connectivity index (χ1n) is 5.17. The molecule has 0 amide bonds. The molecule has 0 aliphatic heterocycles. The molecule has 2 rings (SSSR count). The number of aryl methyl sites for hydroxylation is 1. The van der Waals surface area contributed by atoms with Crippen LogP contribution in [0.2, 0.25) is 5.02 Å². The van der Waals surface area contributed by atoms with E-state index < -0.39 is 0 Å². The standard InChI is InChI=1S/C13H12ClN2/c1-2-3-12-8-9-13(16-15-12)10-4-6-11(14)7-5-10/h4-9H,1-3H2. The fourth-order valence-corrected chi connectivity index (χ4v) is 1.57. The lowest BCUT2D eigenvalue weighted by Gasteiger charge is -2.01. The molecule has 1 aromatic heterocycles. The third-order valence-corrected chi connectivity index (χ3v) is 2.54. The Balaban J connectivity index is 2.24. The molecular weight excluding hydrogens is 220 g/mol. The fourth-order valence-electron chi connectivity index (χ4n) is 1.45. The van der Waals surface area contributed by atoms with Gasteiger partial charge in [0.15, 0.2) is 0 Å². The molecule has 0 spiro atoms. The first-order chi connectivity index (χ1) is 7.79. The molecule has 0 aliphatic carbocycles. The maximum Gasteiger partial charge on any atom is 0.0929 e. The van der Waals surface area contributed by atoms with Crippen LogP contribution in [0.5, 0.6) is 0 Å². The minimum atomic E-state index is 0.727. The van der Waals surface area contributed by atoms with Gasteiger partial charge < -0.3 is 0 Å². The molecule has 0 unspecified atom stereocenters. The van der Waals surface area contributed by atoms with E-state index >= 15 is 0 Å². The zero-order valence-corrected chi connectivity index (χ0v) is 9.61. The predicted molar refractivity (Wildman–Crippen MR) is 66.2 cm³/mol. The fraction of sp³-hybridized carbons (Fsp3) is 0.154. The number of rotatable bonds is 3. The summed E-state index contributed by atoms with van der Waals surface area (Å²) in [4.78, 5) is 0. The number of benzene rings is 1. The van der Waals surface area contributed by atoms with E-state index in [1.165, 1.54) is 0 Å². The van der Waals surface area contributed by atoms with Crippen LogP contribution in [0.15, 0.2) is 36.4 Å². The lowest BCUT2D eigenvalue weighted by atomic mass is 10.1. The van der Waals surface area contributed by atoms with Crippen LogP contribution in [0, 0.1) is 6.92 Å². The minimum absolute atomic E-state index is 0.727. The molecule has 0 saturated carbocycles. The summed E-state index contributed by atoms with van der Waals surface area (Å²) in [7, 11) is 0. The van der Waals surface area contributed by atoms with Gasteiger partial charge in [-0.15, -0.1) is 0 Å². The SMILES string of the molecule is [CH2]CCc1ccc(-c2ccc(Cl)cc2)nn1. The van der Waals surface area contributed by atoms with Gasteiger partial charge in [0, 0.05) is 10.6 Å². The Morgan fingerprint density at radius 1 is 1.00 bits per heavy atom. The molecule has 1 heterocycles. The monoisotopic (exact) mass is 231 g/mol. The third-order valence-electron chi connectivity index (χ3n) is 2.29. The summed E-state index contributed by atoms with van der Waals surface area (Å²) in [6.07, 6.45) is 1.71. The lowest BCUT2D eigenvalue weighted by molar-refractivity contribution is 0.877. The zero-order chi connectivity index (χ0) is 11.4. The van der Waals surface area contributed by atoms with Gasteiger partial charge in [-0.25, -0.2) is 0 Å². The summed E-state index contributed by atoms with van der Waals surface area (Å²) in [5.74, 6) is 0. The Morgan fingerprint density at radius 2 is 1.75 bits per heavy atom. The molecule has 16 heavy (non-hydrogen) atoms. The van der Waals surface area contributed by atoms with E-state index in [0.717, 1.165) is 34.8 Å². The van der Waals surface area contributed by atoms with Gasteiger partial charge in [0.25, 0.3) is 0 Å². The van der Waals surface area contributed by atoms with Crippen LogP contribution in [-0.2, 0) is 6.42 Å². The largest absolute Gasteiger partial charge is 0.155 e. The highest BCUT2D eigenvalue weighted by atomic mass is 35.5. The second-order valence-corrected chi connectivity index (χ2v) is 3.96. The van der Waals surface area contributed by atoms with Gasteiger partial charge in [-0.05, 0) is 37.1 Å². The van der Waals surface area contributed by atoms with Gasteiger partial charge in [0.05, 0.1) is 11.4 Å². The van der Waals surface area contributed by atoms with Crippen LogP contribution < -0.4 is 0 Å². The summed E-state index contributed by atoms with van der Waals surface area (Å²) < 4.78 is 0. The van der Waals surface area contributed by atoms with Crippen LogP contribution in [0.3, 0.4) is 0 Å². The van der Waals surface area contributed by atoms with Crippen molar-refractivity contribution in [2.45, 2.75) is 12.8 Å². The summed E-state index contributed by atoms with van der Waals surface area (Å²) in [5.41, 5.74) is 2.87. The highest BCUT2D eigenvalue weighted by Crippen LogP contribution is 2.18. The molecule has 0 saturated heterocycles. The van der Waals surface area contributed by atoms with Crippen LogP contribution >= 0.6 is 11.6 Å². The first kappa shape index (κ1) is 11.1. The molecule has 2 aromatic rings. The smallest absolute Gasteiger partial charge is 0.0929 e. The van der Waals surface area contributed by atoms with Crippen LogP contribution in [-0.4, -0.2) is 10.2 Å². The molecular formula is C13H12ClN2. The maximum atomic E-state index is 5.82. The van der Waals surface area contributed by atoms with Gasteiger partial charge in [-0.2, -0.15) is 10.2 Å². The van der Waals surface area contributed by atoms with Crippen molar-refractivity contribution >= 4 is 11.6 Å². The highest BCUT2D eigenvalue weighted by Gasteiger charge is 2.00. The highest BCUT2D eigenvalue weighted by molar-refractivity contribution is 6.30. The van der Waals surface area contributed by atoms with Crippen molar-refractivity contribution in [2.24, 2.45) is 0 Å². The minimum Gasteiger partial charge on any atom is -0.155 e. The summed E-state index contributed by atoms with van der Waals surface area (Å²) in [6.45, 7) is 3.79. The maximum absolute atomic E-state index is 5.82. The van der Waals surface area contributed by atoms with Crippen LogP contribution in [0.1, 0.15) is 12.1 Å². The Bertz CT molecular complexity index is 448. The Labute approximate surface area is 100 Å². The normalized spacial score (nSPS) is 10.4. The van der Waals surface area contributed by atoms with Crippen molar-refractivity contribution in [2.75, 3.05) is 0 Å². The number of aromatic nitrogens is 2. The van der Waals surface area contributed by atoms with E-state index in [1.54, 1.807) is 0 Å². The van der Waals surface area contributed by atoms with E-state index in [2.05, 4.69) is 17.1 Å². The van der Waals surface area contributed by atoms with E-state index in [0.29, 0.717) is 0 Å². The molecule has 81 valence electrons. The van der Waals surface area contributed by atoms with E-state index in [-0.39, 0.29) is 0 Å².